The van der Waals surface area contributed by atoms with Crippen LogP contribution in [0.2, 0.25) is 0 Å². The zero-order chi connectivity index (χ0) is 13.8. The predicted octanol–water partition coefficient (Wildman–Crippen LogP) is 2.47. The molecule has 0 saturated heterocycles. The zero-order valence-corrected chi connectivity index (χ0v) is 11.1. The van der Waals surface area contributed by atoms with Gasteiger partial charge in [-0.3, -0.25) is 15.0 Å². The second-order valence-electron chi connectivity index (χ2n) is 4.84. The van der Waals surface area contributed by atoms with Crippen molar-refractivity contribution >= 4 is 5.69 Å². The Morgan fingerprint density at radius 1 is 1.25 bits per heavy atom. The maximum Gasteiger partial charge on any atom is 0.264 e. The van der Waals surface area contributed by atoms with Crippen LogP contribution in [0.25, 0.3) is 11.3 Å². The summed E-state index contributed by atoms with van der Waals surface area (Å²) in [5, 5.41) is 8.73. The number of benzene rings is 1. The number of hydrogen-bond acceptors (Lipinski definition) is 3. The maximum absolute atomic E-state index is 11.1. The van der Waals surface area contributed by atoms with E-state index in [1.54, 1.807) is 12.3 Å². The van der Waals surface area contributed by atoms with E-state index >= 15 is 0 Å². The summed E-state index contributed by atoms with van der Waals surface area (Å²) in [6, 6.07) is 9.50. The highest BCUT2D eigenvalue weighted by Crippen LogP contribution is 2.18. The summed E-state index contributed by atoms with van der Waals surface area (Å²) in [5.41, 5.74) is 2.70. The first-order chi connectivity index (χ1) is 9.81. The second-order valence-corrected chi connectivity index (χ2v) is 4.84. The van der Waals surface area contributed by atoms with Crippen LogP contribution in [-0.4, -0.2) is 22.8 Å². The molecule has 2 aromatic rings. The van der Waals surface area contributed by atoms with Crippen molar-refractivity contribution in [3.63, 3.8) is 0 Å². The number of aromatic nitrogens is 2. The number of anilines is 1. The van der Waals surface area contributed by atoms with E-state index in [4.69, 9.17) is 4.74 Å². The fourth-order valence-corrected chi connectivity index (χ4v) is 2.22. The molecule has 1 atom stereocenters. The van der Waals surface area contributed by atoms with Crippen LogP contribution in [0.1, 0.15) is 12.8 Å². The molecule has 0 fully saturated rings. The highest BCUT2D eigenvalue weighted by Gasteiger charge is 2.10. The lowest BCUT2D eigenvalue weighted by Crippen LogP contribution is -2.22. The minimum atomic E-state index is -0.121. The number of nitrogens with one attached hydrogen (secondary N) is 3. The number of hydrogen-bond donors (Lipinski definition) is 3. The first kappa shape index (κ1) is 12.6. The molecule has 0 radical (unpaired) electrons. The minimum Gasteiger partial charge on any atom is -0.497 e. The van der Waals surface area contributed by atoms with Crippen LogP contribution in [-0.2, 0) is 4.74 Å². The molecular weight excluding hydrogens is 254 g/mol. The summed E-state index contributed by atoms with van der Waals surface area (Å²) in [7, 11) is 0. The highest BCUT2D eigenvalue weighted by molar-refractivity contribution is 5.62. The molecule has 0 saturated carbocycles. The van der Waals surface area contributed by atoms with Gasteiger partial charge in [-0.1, -0.05) is 12.1 Å². The molecule has 0 amide bonds. The number of rotatable bonds is 4. The van der Waals surface area contributed by atoms with E-state index in [1.165, 1.54) is 0 Å². The molecule has 3 rings (SSSR count). The molecule has 1 unspecified atom stereocenters. The van der Waals surface area contributed by atoms with E-state index in [2.05, 4.69) is 15.5 Å². The molecule has 2 heterocycles. The largest absolute Gasteiger partial charge is 0.497 e. The Kier molecular flexibility index (Phi) is 3.58. The van der Waals surface area contributed by atoms with Gasteiger partial charge in [0.2, 0.25) is 0 Å². The third-order valence-electron chi connectivity index (χ3n) is 3.35. The van der Waals surface area contributed by atoms with E-state index in [9.17, 15) is 4.79 Å². The van der Waals surface area contributed by atoms with Gasteiger partial charge in [0, 0.05) is 11.8 Å². The summed E-state index contributed by atoms with van der Waals surface area (Å²) < 4.78 is 5.51. The molecule has 0 bridgehead atoms. The van der Waals surface area contributed by atoms with Crippen molar-refractivity contribution in [1.82, 2.24) is 10.2 Å². The quantitative estimate of drug-likeness (QED) is 0.800. The Morgan fingerprint density at radius 3 is 2.75 bits per heavy atom. The molecule has 20 heavy (non-hydrogen) atoms. The van der Waals surface area contributed by atoms with E-state index in [0.29, 0.717) is 0 Å². The molecule has 5 heteroatoms. The summed E-state index contributed by atoms with van der Waals surface area (Å²) >= 11 is 0. The van der Waals surface area contributed by atoms with Gasteiger partial charge in [-0.2, -0.15) is 0 Å². The van der Waals surface area contributed by atoms with Crippen molar-refractivity contribution in [3.05, 3.63) is 53.0 Å². The van der Waals surface area contributed by atoms with Crippen LogP contribution in [0.3, 0.4) is 0 Å². The SMILES string of the molecule is O=c1cc(-c2ccc(NCC3CCC=CO3)cc2)[nH][nH]1. The second kappa shape index (κ2) is 5.69. The first-order valence-corrected chi connectivity index (χ1v) is 6.74. The van der Waals surface area contributed by atoms with Gasteiger partial charge in [0.15, 0.2) is 0 Å². The summed E-state index contributed by atoms with van der Waals surface area (Å²) in [6.07, 6.45) is 6.18. The lowest BCUT2D eigenvalue weighted by Gasteiger charge is -2.20. The Morgan fingerprint density at radius 2 is 2.10 bits per heavy atom. The summed E-state index contributed by atoms with van der Waals surface area (Å²) in [5.74, 6) is 0. The van der Waals surface area contributed by atoms with Crippen molar-refractivity contribution < 1.29 is 4.74 Å². The molecule has 1 aliphatic rings. The van der Waals surface area contributed by atoms with Gasteiger partial charge >= 0.3 is 0 Å². The molecule has 1 aromatic carbocycles. The molecule has 3 N–H and O–H groups in total. The average Bonchev–Trinajstić information content (AvgIpc) is 2.93. The van der Waals surface area contributed by atoms with E-state index in [-0.39, 0.29) is 11.7 Å². The van der Waals surface area contributed by atoms with Gasteiger partial charge in [-0.25, -0.2) is 0 Å². The number of ether oxygens (including phenoxy) is 1. The van der Waals surface area contributed by atoms with E-state index in [0.717, 1.165) is 36.3 Å². The monoisotopic (exact) mass is 271 g/mol. The Bertz CT molecular complexity index is 640. The number of allylic oxidation sites excluding steroid dienone is 1. The first-order valence-electron chi connectivity index (χ1n) is 6.74. The van der Waals surface area contributed by atoms with Crippen molar-refractivity contribution in [2.75, 3.05) is 11.9 Å². The van der Waals surface area contributed by atoms with Crippen molar-refractivity contribution in [2.45, 2.75) is 18.9 Å². The molecule has 0 spiro atoms. The van der Waals surface area contributed by atoms with Gasteiger partial charge in [-0.05, 0) is 36.6 Å². The fraction of sp³-hybridized carbons (Fsp3) is 0.267. The van der Waals surface area contributed by atoms with Crippen LogP contribution < -0.4 is 10.9 Å². The van der Waals surface area contributed by atoms with Gasteiger partial charge in [0.1, 0.15) is 6.10 Å². The Labute approximate surface area is 116 Å². The van der Waals surface area contributed by atoms with Crippen LogP contribution in [0.4, 0.5) is 5.69 Å². The number of aromatic amines is 2. The fourth-order valence-electron chi connectivity index (χ4n) is 2.22. The van der Waals surface area contributed by atoms with Gasteiger partial charge < -0.3 is 10.1 Å². The van der Waals surface area contributed by atoms with Crippen LogP contribution in [0, 0.1) is 0 Å². The number of H-pyrrole nitrogens is 2. The molecule has 104 valence electrons. The van der Waals surface area contributed by atoms with Crippen LogP contribution in [0.15, 0.2) is 47.5 Å². The normalized spacial score (nSPS) is 17.7. The lowest BCUT2D eigenvalue weighted by atomic mass is 10.1. The highest BCUT2D eigenvalue weighted by atomic mass is 16.5. The maximum atomic E-state index is 11.1. The Hall–Kier alpha value is -2.43. The third kappa shape index (κ3) is 2.93. The molecule has 1 aromatic heterocycles. The third-order valence-corrected chi connectivity index (χ3v) is 3.35. The van der Waals surface area contributed by atoms with E-state index in [1.807, 2.05) is 30.3 Å². The molecule has 0 aliphatic carbocycles. The van der Waals surface area contributed by atoms with Crippen LogP contribution >= 0.6 is 0 Å². The van der Waals surface area contributed by atoms with Crippen LogP contribution in [0.5, 0.6) is 0 Å². The van der Waals surface area contributed by atoms with Crippen molar-refractivity contribution in [3.8, 4) is 11.3 Å². The predicted molar refractivity (Wildman–Crippen MR) is 78.6 cm³/mol. The minimum absolute atomic E-state index is 0.121. The average molecular weight is 271 g/mol. The van der Waals surface area contributed by atoms with E-state index < -0.39 is 0 Å². The summed E-state index contributed by atoms with van der Waals surface area (Å²) in [6.45, 7) is 0.796. The Balaban J connectivity index is 1.61. The lowest BCUT2D eigenvalue weighted by molar-refractivity contribution is 0.135. The zero-order valence-electron chi connectivity index (χ0n) is 11.1. The van der Waals surface area contributed by atoms with Crippen molar-refractivity contribution in [2.24, 2.45) is 0 Å². The molecule has 5 nitrogen and oxygen atoms in total. The summed E-state index contributed by atoms with van der Waals surface area (Å²) in [4.78, 5) is 11.1. The molecule has 1 aliphatic heterocycles. The molecular formula is C15H17N3O2. The van der Waals surface area contributed by atoms with Gasteiger partial charge in [0.05, 0.1) is 18.5 Å². The topological polar surface area (TPSA) is 69.9 Å². The van der Waals surface area contributed by atoms with Crippen molar-refractivity contribution in [1.29, 1.82) is 0 Å². The standard InChI is InChI=1S/C15H17N3O2/c19-15-9-14(17-18-15)11-4-6-12(7-5-11)16-10-13-3-1-2-8-20-13/h2,4-9,13,16H,1,3,10H2,(H2,17,18,19). The van der Waals surface area contributed by atoms with Gasteiger partial charge in [0.25, 0.3) is 5.56 Å². The van der Waals surface area contributed by atoms with Gasteiger partial charge in [-0.15, -0.1) is 0 Å². The smallest absolute Gasteiger partial charge is 0.264 e.